The first-order valence-electron chi connectivity index (χ1n) is 8.45. The normalized spacial score (nSPS) is 32.7. The summed E-state index contributed by atoms with van der Waals surface area (Å²) in [4.78, 5) is 2.22. The van der Waals surface area contributed by atoms with Gasteiger partial charge in [0, 0.05) is 12.5 Å². The lowest BCUT2D eigenvalue weighted by atomic mass is 9.65. The van der Waals surface area contributed by atoms with Crippen LogP contribution in [0.1, 0.15) is 36.8 Å². The third kappa shape index (κ3) is 3.52. The van der Waals surface area contributed by atoms with E-state index in [1.54, 1.807) is 7.11 Å². The van der Waals surface area contributed by atoms with E-state index < -0.39 is 5.60 Å². The van der Waals surface area contributed by atoms with Crippen LogP contribution in [0.25, 0.3) is 0 Å². The van der Waals surface area contributed by atoms with Gasteiger partial charge in [-0.25, -0.2) is 0 Å². The smallest absolute Gasteiger partial charge is 0.119 e. The molecule has 0 amide bonds. The lowest BCUT2D eigenvalue weighted by Gasteiger charge is -2.45. The minimum atomic E-state index is -0.715. The molecule has 2 bridgehead atoms. The van der Waals surface area contributed by atoms with Crippen LogP contribution in [0, 0.1) is 24.7 Å². The number of rotatable bonds is 4. The van der Waals surface area contributed by atoms with Crippen LogP contribution in [0.5, 0.6) is 5.75 Å². The van der Waals surface area contributed by atoms with E-state index in [0.29, 0.717) is 17.8 Å². The number of hydrogen-bond donors (Lipinski definition) is 1. The van der Waals surface area contributed by atoms with Gasteiger partial charge in [0.2, 0.25) is 0 Å². The minimum absolute atomic E-state index is 0. The van der Waals surface area contributed by atoms with Gasteiger partial charge in [-0.15, -0.1) is 12.4 Å². The van der Waals surface area contributed by atoms with Crippen molar-refractivity contribution in [2.75, 3.05) is 27.7 Å². The van der Waals surface area contributed by atoms with E-state index in [9.17, 15) is 5.11 Å². The first kappa shape index (κ1) is 18.6. The predicted molar refractivity (Wildman–Crippen MR) is 96.4 cm³/mol. The van der Waals surface area contributed by atoms with Gasteiger partial charge >= 0.3 is 0 Å². The number of nitrogens with zero attached hydrogens (tertiary/aromatic N) is 1. The van der Waals surface area contributed by atoms with Gasteiger partial charge in [0.15, 0.2) is 0 Å². The van der Waals surface area contributed by atoms with Crippen molar-refractivity contribution in [3.05, 3.63) is 29.3 Å². The van der Waals surface area contributed by atoms with E-state index in [1.165, 1.54) is 19.3 Å². The van der Waals surface area contributed by atoms with E-state index in [2.05, 4.69) is 32.0 Å². The number of ether oxygens (including phenoxy) is 1. The highest BCUT2D eigenvalue weighted by Gasteiger charge is 2.51. The van der Waals surface area contributed by atoms with Crippen molar-refractivity contribution >= 4 is 12.4 Å². The summed E-state index contributed by atoms with van der Waals surface area (Å²) in [5.74, 6) is 2.50. The molecule has 4 atom stereocenters. The van der Waals surface area contributed by atoms with Crippen LogP contribution >= 0.6 is 12.4 Å². The van der Waals surface area contributed by atoms with Gasteiger partial charge in [0.1, 0.15) is 5.75 Å². The van der Waals surface area contributed by atoms with Crippen molar-refractivity contribution in [1.29, 1.82) is 0 Å². The number of hydrogen-bond acceptors (Lipinski definition) is 3. The van der Waals surface area contributed by atoms with Crippen LogP contribution in [0.3, 0.4) is 0 Å². The lowest BCUT2D eigenvalue weighted by molar-refractivity contribution is -0.0892. The maximum Gasteiger partial charge on any atom is 0.119 e. The van der Waals surface area contributed by atoms with E-state index in [0.717, 1.165) is 29.8 Å². The molecule has 0 radical (unpaired) electrons. The summed E-state index contributed by atoms with van der Waals surface area (Å²) in [7, 11) is 5.92. The molecule has 2 saturated carbocycles. The van der Waals surface area contributed by atoms with Crippen molar-refractivity contribution in [1.82, 2.24) is 4.90 Å². The highest BCUT2D eigenvalue weighted by molar-refractivity contribution is 5.85. The molecule has 0 aromatic heterocycles. The second kappa shape index (κ2) is 7.00. The topological polar surface area (TPSA) is 32.7 Å². The van der Waals surface area contributed by atoms with Crippen LogP contribution in [0.2, 0.25) is 0 Å². The maximum absolute atomic E-state index is 11.7. The summed E-state index contributed by atoms with van der Waals surface area (Å²) < 4.78 is 5.44. The Morgan fingerprint density at radius 3 is 2.65 bits per heavy atom. The zero-order valence-electron chi connectivity index (χ0n) is 14.7. The Bertz CT molecular complexity index is 548. The molecule has 1 aromatic rings. The van der Waals surface area contributed by atoms with E-state index >= 15 is 0 Å². The van der Waals surface area contributed by atoms with E-state index in [-0.39, 0.29) is 12.4 Å². The van der Waals surface area contributed by atoms with Crippen molar-refractivity contribution < 1.29 is 9.84 Å². The summed E-state index contributed by atoms with van der Waals surface area (Å²) in [5, 5.41) is 11.7. The maximum atomic E-state index is 11.7. The number of fused-ring (bicyclic) bond motifs is 2. The molecule has 23 heavy (non-hydrogen) atoms. The zero-order valence-corrected chi connectivity index (χ0v) is 15.5. The van der Waals surface area contributed by atoms with Crippen molar-refractivity contribution in [2.24, 2.45) is 17.8 Å². The highest BCUT2D eigenvalue weighted by Crippen LogP contribution is 2.54. The molecule has 130 valence electrons. The summed E-state index contributed by atoms with van der Waals surface area (Å²) in [6.45, 7) is 3.03. The molecule has 3 rings (SSSR count). The molecule has 0 aliphatic heterocycles. The molecular formula is C19H30ClNO2. The molecule has 2 fully saturated rings. The standard InChI is InChI=1S/C19H29NO2.ClH/c1-13-7-16(10-17(8-13)22-4)19(21)11-14-5-6-15(9-14)18(19)12-20(2)3;/h7-8,10,14-15,18,21H,5-6,9,11-12H2,1-4H3;1H. The van der Waals surface area contributed by atoms with Gasteiger partial charge in [-0.2, -0.15) is 0 Å². The fourth-order valence-corrected chi connectivity index (χ4v) is 4.79. The Hall–Kier alpha value is -0.770. The Morgan fingerprint density at radius 2 is 2.00 bits per heavy atom. The summed E-state index contributed by atoms with van der Waals surface area (Å²) >= 11 is 0. The summed E-state index contributed by atoms with van der Waals surface area (Å²) in [5.41, 5.74) is 1.49. The second-order valence-electron chi connectivity index (χ2n) is 7.68. The fraction of sp³-hybridized carbons (Fsp3) is 0.684. The molecule has 1 N–H and O–H groups in total. The third-order valence-electron chi connectivity index (χ3n) is 5.71. The minimum Gasteiger partial charge on any atom is -0.497 e. The molecule has 1 aromatic carbocycles. The first-order chi connectivity index (χ1) is 10.4. The number of methoxy groups -OCH3 is 1. The monoisotopic (exact) mass is 339 g/mol. The summed E-state index contributed by atoms with van der Waals surface area (Å²) in [6.07, 6.45) is 4.74. The lowest BCUT2D eigenvalue weighted by Crippen LogP contribution is -2.47. The second-order valence-corrected chi connectivity index (χ2v) is 7.68. The SMILES string of the molecule is COc1cc(C)cc(C2(O)CC3CCC(C3)C2CN(C)C)c1.Cl. The molecule has 4 heteroatoms. The number of benzene rings is 1. The predicted octanol–water partition coefficient (Wildman–Crippen LogP) is 3.61. The number of aryl methyl sites for hydroxylation is 1. The van der Waals surface area contributed by atoms with Gasteiger partial charge in [0.05, 0.1) is 12.7 Å². The molecule has 4 unspecified atom stereocenters. The molecule has 0 spiro atoms. The molecule has 2 aliphatic carbocycles. The van der Waals surface area contributed by atoms with Gasteiger partial charge in [-0.3, -0.25) is 0 Å². The molecule has 2 aliphatic rings. The van der Waals surface area contributed by atoms with Crippen LogP contribution in [-0.2, 0) is 5.60 Å². The Balaban J connectivity index is 0.00000192. The molecule has 0 heterocycles. The third-order valence-corrected chi connectivity index (χ3v) is 5.71. The van der Waals surface area contributed by atoms with Crippen molar-refractivity contribution in [3.8, 4) is 5.75 Å². The first-order valence-corrected chi connectivity index (χ1v) is 8.45. The van der Waals surface area contributed by atoms with Gasteiger partial charge in [-0.1, -0.05) is 12.5 Å². The molecule has 0 saturated heterocycles. The van der Waals surface area contributed by atoms with Crippen LogP contribution in [0.15, 0.2) is 18.2 Å². The van der Waals surface area contributed by atoms with E-state index in [1.807, 2.05) is 12.1 Å². The Labute approximate surface area is 146 Å². The average Bonchev–Trinajstić information content (AvgIpc) is 2.86. The molecule has 3 nitrogen and oxygen atoms in total. The largest absolute Gasteiger partial charge is 0.497 e. The fourth-order valence-electron chi connectivity index (χ4n) is 4.79. The van der Waals surface area contributed by atoms with E-state index in [4.69, 9.17) is 4.74 Å². The number of aliphatic hydroxyl groups is 1. The number of halogens is 1. The van der Waals surface area contributed by atoms with Crippen molar-refractivity contribution in [3.63, 3.8) is 0 Å². The van der Waals surface area contributed by atoms with Crippen molar-refractivity contribution in [2.45, 2.75) is 38.2 Å². The van der Waals surface area contributed by atoms with Crippen LogP contribution in [-0.4, -0.2) is 37.8 Å². The quantitative estimate of drug-likeness (QED) is 0.909. The zero-order chi connectivity index (χ0) is 15.9. The Kier molecular flexibility index (Phi) is 5.65. The average molecular weight is 340 g/mol. The highest BCUT2D eigenvalue weighted by atomic mass is 35.5. The van der Waals surface area contributed by atoms with Gasteiger partial charge < -0.3 is 14.7 Å². The Morgan fingerprint density at radius 1 is 1.26 bits per heavy atom. The van der Waals surface area contributed by atoms with Gasteiger partial charge in [-0.05, 0) is 75.4 Å². The van der Waals surface area contributed by atoms with Crippen LogP contribution < -0.4 is 4.74 Å². The summed E-state index contributed by atoms with van der Waals surface area (Å²) in [6, 6.07) is 6.22. The molecular weight excluding hydrogens is 310 g/mol. The van der Waals surface area contributed by atoms with Crippen LogP contribution in [0.4, 0.5) is 0 Å². The van der Waals surface area contributed by atoms with Gasteiger partial charge in [0.25, 0.3) is 0 Å².